The highest BCUT2D eigenvalue weighted by Gasteiger charge is 2.37. The Morgan fingerprint density at radius 1 is 1.24 bits per heavy atom. The summed E-state index contributed by atoms with van der Waals surface area (Å²) in [6, 6.07) is 2.97. The summed E-state index contributed by atoms with van der Waals surface area (Å²) in [7, 11) is 0. The van der Waals surface area contributed by atoms with Gasteiger partial charge in [-0.15, -0.1) is 0 Å². The number of anilines is 1. The second-order valence-electron chi connectivity index (χ2n) is 6.76. The molecule has 3 rings (SSSR count). The van der Waals surface area contributed by atoms with Crippen molar-refractivity contribution in [3.8, 4) is 0 Å². The molecule has 1 aliphatic heterocycles. The molecule has 1 aliphatic carbocycles. The van der Waals surface area contributed by atoms with Crippen LogP contribution >= 0.6 is 0 Å². The highest BCUT2D eigenvalue weighted by molar-refractivity contribution is 5.53. The van der Waals surface area contributed by atoms with Crippen LogP contribution in [0.2, 0.25) is 0 Å². The largest absolute Gasteiger partial charge is 0.353 e. The zero-order valence-electron chi connectivity index (χ0n) is 13.8. The van der Waals surface area contributed by atoms with E-state index in [1.165, 1.54) is 55.6 Å². The van der Waals surface area contributed by atoms with E-state index in [0.29, 0.717) is 0 Å². The maximum atomic E-state index is 4.95. The van der Waals surface area contributed by atoms with Crippen molar-refractivity contribution < 1.29 is 0 Å². The van der Waals surface area contributed by atoms with Gasteiger partial charge in [0, 0.05) is 30.4 Å². The van der Waals surface area contributed by atoms with Gasteiger partial charge in [0.1, 0.15) is 5.82 Å². The Balaban J connectivity index is 1.92. The Morgan fingerprint density at radius 3 is 2.86 bits per heavy atom. The van der Waals surface area contributed by atoms with Crippen LogP contribution in [0.15, 0.2) is 6.07 Å². The minimum absolute atomic E-state index is 0.743. The summed E-state index contributed by atoms with van der Waals surface area (Å²) in [5.74, 6) is 2.18. The lowest BCUT2D eigenvalue weighted by molar-refractivity contribution is 0.341. The number of pyridine rings is 1. The van der Waals surface area contributed by atoms with Crippen LogP contribution < -0.4 is 10.2 Å². The number of fused-ring (bicyclic) bond motifs is 1. The lowest BCUT2D eigenvalue weighted by atomic mass is 9.85. The van der Waals surface area contributed by atoms with Gasteiger partial charge in [-0.05, 0) is 57.2 Å². The second-order valence-corrected chi connectivity index (χ2v) is 6.76. The molecule has 0 aromatic carbocycles. The molecule has 2 fully saturated rings. The molecule has 3 heteroatoms. The van der Waals surface area contributed by atoms with Crippen LogP contribution in [-0.2, 0) is 6.54 Å². The molecule has 3 nitrogen and oxygen atoms in total. The minimum Gasteiger partial charge on any atom is -0.353 e. The van der Waals surface area contributed by atoms with Crippen LogP contribution in [0.25, 0.3) is 0 Å². The first kappa shape index (κ1) is 14.8. The van der Waals surface area contributed by atoms with E-state index >= 15 is 0 Å². The lowest BCUT2D eigenvalue weighted by Crippen LogP contribution is -2.36. The Kier molecular flexibility index (Phi) is 4.48. The van der Waals surface area contributed by atoms with E-state index < -0.39 is 0 Å². The van der Waals surface area contributed by atoms with E-state index in [1.54, 1.807) is 0 Å². The summed E-state index contributed by atoms with van der Waals surface area (Å²) in [5.41, 5.74) is 3.95. The Hall–Kier alpha value is -1.09. The summed E-state index contributed by atoms with van der Waals surface area (Å²) in [5, 5.41) is 3.49. The second kappa shape index (κ2) is 6.35. The van der Waals surface area contributed by atoms with Gasteiger partial charge in [-0.2, -0.15) is 0 Å². The zero-order valence-corrected chi connectivity index (χ0v) is 13.8. The molecule has 21 heavy (non-hydrogen) atoms. The molecule has 116 valence electrons. The maximum Gasteiger partial charge on any atom is 0.133 e. The number of nitrogens with zero attached hydrogens (tertiary/aromatic N) is 2. The molecule has 1 aromatic rings. The number of hydrogen-bond donors (Lipinski definition) is 1. The lowest BCUT2D eigenvalue weighted by Gasteiger charge is -2.34. The molecule has 1 saturated carbocycles. The molecule has 0 bridgehead atoms. The van der Waals surface area contributed by atoms with Gasteiger partial charge >= 0.3 is 0 Å². The van der Waals surface area contributed by atoms with E-state index in [9.17, 15) is 0 Å². The quantitative estimate of drug-likeness (QED) is 0.917. The highest BCUT2D eigenvalue weighted by atomic mass is 15.2. The highest BCUT2D eigenvalue weighted by Crippen LogP contribution is 2.39. The van der Waals surface area contributed by atoms with E-state index in [1.807, 2.05) is 0 Å². The number of aryl methyl sites for hydroxylation is 2. The van der Waals surface area contributed by atoms with Gasteiger partial charge in [0.15, 0.2) is 0 Å². The topological polar surface area (TPSA) is 28.2 Å². The number of rotatable bonds is 4. The number of hydrogen-bond acceptors (Lipinski definition) is 3. The standard InChI is InChI=1S/C18H29N3/c1-4-19-12-16-13(2)11-14(3)20-18(16)21-10-9-15-7-5-6-8-17(15)21/h11,15,17,19H,4-10,12H2,1-3H3. The third-order valence-electron chi connectivity index (χ3n) is 5.29. The monoisotopic (exact) mass is 287 g/mol. The summed E-state index contributed by atoms with van der Waals surface area (Å²) in [4.78, 5) is 7.58. The molecule has 1 saturated heterocycles. The van der Waals surface area contributed by atoms with Gasteiger partial charge in [-0.1, -0.05) is 19.8 Å². The third-order valence-corrected chi connectivity index (χ3v) is 5.29. The molecule has 0 amide bonds. The average Bonchev–Trinajstić information content (AvgIpc) is 2.89. The number of aromatic nitrogens is 1. The fraction of sp³-hybridized carbons (Fsp3) is 0.722. The molecule has 2 aliphatic rings. The van der Waals surface area contributed by atoms with Gasteiger partial charge in [-0.25, -0.2) is 4.98 Å². The fourth-order valence-electron chi connectivity index (χ4n) is 4.22. The van der Waals surface area contributed by atoms with Crippen LogP contribution in [0, 0.1) is 19.8 Å². The minimum atomic E-state index is 0.743. The van der Waals surface area contributed by atoms with Crippen molar-refractivity contribution in [2.75, 3.05) is 18.0 Å². The summed E-state index contributed by atoms with van der Waals surface area (Å²) < 4.78 is 0. The molecular formula is C18H29N3. The van der Waals surface area contributed by atoms with Crippen molar-refractivity contribution in [2.24, 2.45) is 5.92 Å². The first-order chi connectivity index (χ1) is 10.2. The Morgan fingerprint density at radius 2 is 2.05 bits per heavy atom. The Labute approximate surface area is 129 Å². The van der Waals surface area contributed by atoms with Crippen molar-refractivity contribution in [1.82, 2.24) is 10.3 Å². The van der Waals surface area contributed by atoms with Gasteiger partial charge < -0.3 is 10.2 Å². The molecule has 1 aromatic heterocycles. The molecular weight excluding hydrogens is 258 g/mol. The van der Waals surface area contributed by atoms with E-state index in [-0.39, 0.29) is 0 Å². The smallest absolute Gasteiger partial charge is 0.133 e. The van der Waals surface area contributed by atoms with Gasteiger partial charge in [0.2, 0.25) is 0 Å². The zero-order chi connectivity index (χ0) is 14.8. The van der Waals surface area contributed by atoms with E-state index in [4.69, 9.17) is 4.98 Å². The fourth-order valence-corrected chi connectivity index (χ4v) is 4.22. The van der Waals surface area contributed by atoms with Crippen LogP contribution in [0.4, 0.5) is 5.82 Å². The number of nitrogens with one attached hydrogen (secondary N) is 1. The van der Waals surface area contributed by atoms with E-state index in [2.05, 4.69) is 37.1 Å². The summed E-state index contributed by atoms with van der Waals surface area (Å²) in [6.07, 6.45) is 6.97. The van der Waals surface area contributed by atoms with Crippen LogP contribution in [0.1, 0.15) is 55.8 Å². The Bertz CT molecular complexity index is 497. The van der Waals surface area contributed by atoms with Crippen molar-refractivity contribution in [3.05, 3.63) is 22.9 Å². The predicted octanol–water partition coefficient (Wildman–Crippen LogP) is 3.58. The molecule has 0 radical (unpaired) electrons. The molecule has 2 atom stereocenters. The first-order valence-electron chi connectivity index (χ1n) is 8.65. The molecule has 2 heterocycles. The van der Waals surface area contributed by atoms with E-state index in [0.717, 1.165) is 30.7 Å². The summed E-state index contributed by atoms with van der Waals surface area (Å²) in [6.45, 7) is 9.69. The molecule has 0 spiro atoms. The van der Waals surface area contributed by atoms with Gasteiger partial charge in [0.05, 0.1) is 0 Å². The van der Waals surface area contributed by atoms with Crippen LogP contribution in [-0.4, -0.2) is 24.1 Å². The van der Waals surface area contributed by atoms with Gasteiger partial charge in [0.25, 0.3) is 0 Å². The normalized spacial score (nSPS) is 25.2. The maximum absolute atomic E-state index is 4.95. The average molecular weight is 287 g/mol. The molecule has 2 unspecified atom stereocenters. The van der Waals surface area contributed by atoms with Crippen LogP contribution in [0.3, 0.4) is 0 Å². The third kappa shape index (κ3) is 2.94. The van der Waals surface area contributed by atoms with Crippen molar-refractivity contribution in [1.29, 1.82) is 0 Å². The SMILES string of the molecule is CCNCc1c(C)cc(C)nc1N1CCC2CCCCC21. The van der Waals surface area contributed by atoms with Crippen molar-refractivity contribution >= 4 is 5.82 Å². The van der Waals surface area contributed by atoms with Crippen LogP contribution in [0.5, 0.6) is 0 Å². The van der Waals surface area contributed by atoms with Gasteiger partial charge in [-0.3, -0.25) is 0 Å². The molecule has 1 N–H and O–H groups in total. The predicted molar refractivity (Wildman–Crippen MR) is 88.8 cm³/mol. The van der Waals surface area contributed by atoms with Crippen molar-refractivity contribution in [3.63, 3.8) is 0 Å². The van der Waals surface area contributed by atoms with Crippen molar-refractivity contribution in [2.45, 2.75) is 65.5 Å². The first-order valence-corrected chi connectivity index (χ1v) is 8.65. The summed E-state index contributed by atoms with van der Waals surface area (Å²) >= 11 is 0.